The van der Waals surface area contributed by atoms with E-state index in [2.05, 4.69) is 23.5 Å². The first-order valence-electron chi connectivity index (χ1n) is 8.32. The molecule has 5 heteroatoms. The van der Waals surface area contributed by atoms with E-state index in [0.29, 0.717) is 17.4 Å². The number of hydrogen-bond acceptors (Lipinski definition) is 2. The number of ether oxygens (including phenoxy) is 1. The summed E-state index contributed by atoms with van der Waals surface area (Å²) in [7, 11) is 0. The first-order chi connectivity index (χ1) is 10.7. The van der Waals surface area contributed by atoms with Gasteiger partial charge in [-0.15, -0.1) is 13.2 Å². The van der Waals surface area contributed by atoms with E-state index >= 15 is 0 Å². The minimum atomic E-state index is -4.66. The van der Waals surface area contributed by atoms with Crippen molar-refractivity contribution in [3.05, 3.63) is 23.8 Å². The summed E-state index contributed by atoms with van der Waals surface area (Å²) in [4.78, 5) is 2.16. The van der Waals surface area contributed by atoms with E-state index < -0.39 is 6.36 Å². The fraction of sp³-hybridized carbons (Fsp3) is 0.667. The number of alkyl halides is 3. The minimum Gasteiger partial charge on any atom is -0.405 e. The van der Waals surface area contributed by atoms with Crippen LogP contribution in [0.5, 0.6) is 5.75 Å². The molecule has 23 heavy (non-hydrogen) atoms. The lowest BCUT2D eigenvalue weighted by atomic mass is 9.86. The van der Waals surface area contributed by atoms with Crippen molar-refractivity contribution < 1.29 is 17.9 Å². The summed E-state index contributed by atoms with van der Waals surface area (Å²) >= 11 is 0. The summed E-state index contributed by atoms with van der Waals surface area (Å²) < 4.78 is 42.2. The van der Waals surface area contributed by atoms with Crippen LogP contribution in [0.15, 0.2) is 18.2 Å². The first-order valence-corrected chi connectivity index (χ1v) is 8.32. The Kier molecular flexibility index (Phi) is 5.48. The Balaban J connectivity index is 2.19. The van der Waals surface area contributed by atoms with Crippen LogP contribution in [0.3, 0.4) is 0 Å². The van der Waals surface area contributed by atoms with E-state index in [0.717, 1.165) is 31.6 Å². The Hall–Kier alpha value is -1.39. The molecule has 2 rings (SSSR count). The van der Waals surface area contributed by atoms with Gasteiger partial charge in [-0.1, -0.05) is 33.8 Å². The van der Waals surface area contributed by atoms with Gasteiger partial charge in [0.2, 0.25) is 0 Å². The fourth-order valence-electron chi connectivity index (χ4n) is 3.23. The van der Waals surface area contributed by atoms with Crippen LogP contribution >= 0.6 is 0 Å². The smallest absolute Gasteiger partial charge is 0.405 e. The van der Waals surface area contributed by atoms with Crippen LogP contribution < -0.4 is 9.64 Å². The van der Waals surface area contributed by atoms with Crippen LogP contribution in [0.25, 0.3) is 0 Å². The lowest BCUT2D eigenvalue weighted by Gasteiger charge is -2.35. The van der Waals surface area contributed by atoms with Crippen LogP contribution in [0.2, 0.25) is 0 Å². The van der Waals surface area contributed by atoms with Gasteiger partial charge in [0.1, 0.15) is 5.75 Å². The zero-order valence-corrected chi connectivity index (χ0v) is 14.3. The quantitative estimate of drug-likeness (QED) is 0.715. The van der Waals surface area contributed by atoms with Gasteiger partial charge in [-0.3, -0.25) is 0 Å². The highest BCUT2D eigenvalue weighted by atomic mass is 19.4. The van der Waals surface area contributed by atoms with Gasteiger partial charge in [-0.05, 0) is 42.2 Å². The number of rotatable bonds is 4. The summed E-state index contributed by atoms with van der Waals surface area (Å²) in [5, 5.41) is 0. The standard InChI is InChI=1S/C18H26F3NO/c1-12(2)14-7-9-22(10-8-14)15-5-6-16(13(3)4)17(11-15)23-18(19,20)21/h5-6,11-14H,7-10H2,1-4H3. The molecule has 0 unspecified atom stereocenters. The Morgan fingerprint density at radius 3 is 2.17 bits per heavy atom. The predicted molar refractivity (Wildman–Crippen MR) is 87.0 cm³/mol. The minimum absolute atomic E-state index is 0.0203. The second-order valence-electron chi connectivity index (χ2n) is 6.99. The molecule has 0 bridgehead atoms. The van der Waals surface area contributed by atoms with Crippen LogP contribution in [0, 0.1) is 11.8 Å². The molecular formula is C18H26F3NO. The van der Waals surface area contributed by atoms with E-state index in [1.807, 2.05) is 19.9 Å². The maximum Gasteiger partial charge on any atom is 0.573 e. The largest absolute Gasteiger partial charge is 0.573 e. The number of piperidine rings is 1. The Morgan fingerprint density at radius 1 is 1.09 bits per heavy atom. The van der Waals surface area contributed by atoms with Crippen molar-refractivity contribution in [2.24, 2.45) is 11.8 Å². The topological polar surface area (TPSA) is 12.5 Å². The van der Waals surface area contributed by atoms with Gasteiger partial charge in [0.15, 0.2) is 0 Å². The average molecular weight is 329 g/mol. The Labute approximate surface area is 136 Å². The third-order valence-corrected chi connectivity index (χ3v) is 4.69. The molecule has 0 radical (unpaired) electrons. The number of hydrogen-bond donors (Lipinski definition) is 0. The highest BCUT2D eigenvalue weighted by molar-refractivity contribution is 5.55. The van der Waals surface area contributed by atoms with Crippen molar-refractivity contribution in [2.75, 3.05) is 18.0 Å². The molecule has 0 N–H and O–H groups in total. The highest BCUT2D eigenvalue weighted by Gasteiger charge is 2.33. The SMILES string of the molecule is CC(C)c1ccc(N2CCC(C(C)C)CC2)cc1OC(F)(F)F. The van der Waals surface area contributed by atoms with Crippen LogP contribution in [-0.4, -0.2) is 19.5 Å². The molecule has 0 atom stereocenters. The molecule has 0 saturated carbocycles. The molecule has 1 heterocycles. The van der Waals surface area contributed by atoms with Crippen LogP contribution in [0.4, 0.5) is 18.9 Å². The zero-order valence-electron chi connectivity index (χ0n) is 14.3. The summed E-state index contributed by atoms with van der Waals surface area (Å²) in [5.74, 6) is 1.26. The van der Waals surface area contributed by atoms with Crippen molar-refractivity contribution in [3.8, 4) is 5.75 Å². The fourth-order valence-corrected chi connectivity index (χ4v) is 3.23. The van der Waals surface area contributed by atoms with Gasteiger partial charge in [-0.25, -0.2) is 0 Å². The molecule has 2 nitrogen and oxygen atoms in total. The summed E-state index contributed by atoms with van der Waals surface area (Å²) in [6.45, 7) is 9.96. The normalized spacial score (nSPS) is 17.2. The van der Waals surface area contributed by atoms with Gasteiger partial charge in [0, 0.05) is 24.8 Å². The molecular weight excluding hydrogens is 303 g/mol. The molecule has 1 aliphatic heterocycles. The third-order valence-electron chi connectivity index (χ3n) is 4.69. The van der Waals surface area contributed by atoms with Gasteiger partial charge in [-0.2, -0.15) is 0 Å². The van der Waals surface area contributed by atoms with E-state index in [-0.39, 0.29) is 11.7 Å². The summed E-state index contributed by atoms with van der Waals surface area (Å²) in [5.41, 5.74) is 1.40. The van der Waals surface area contributed by atoms with Gasteiger partial charge >= 0.3 is 6.36 Å². The molecule has 0 spiro atoms. The zero-order chi connectivity index (χ0) is 17.2. The molecule has 1 aliphatic rings. The number of nitrogens with zero attached hydrogens (tertiary/aromatic N) is 1. The molecule has 1 aromatic carbocycles. The molecule has 0 amide bonds. The monoisotopic (exact) mass is 329 g/mol. The molecule has 1 fully saturated rings. The Bertz CT molecular complexity index is 517. The van der Waals surface area contributed by atoms with E-state index in [1.54, 1.807) is 12.1 Å². The van der Waals surface area contributed by atoms with Crippen molar-refractivity contribution >= 4 is 5.69 Å². The second kappa shape index (κ2) is 7.02. The molecule has 0 aromatic heterocycles. The molecule has 1 aromatic rings. The second-order valence-corrected chi connectivity index (χ2v) is 6.99. The molecule has 0 aliphatic carbocycles. The lowest BCUT2D eigenvalue weighted by Crippen LogP contribution is -2.35. The third kappa shape index (κ3) is 4.79. The van der Waals surface area contributed by atoms with E-state index in [9.17, 15) is 13.2 Å². The molecule has 1 saturated heterocycles. The van der Waals surface area contributed by atoms with Crippen LogP contribution in [0.1, 0.15) is 52.0 Å². The highest BCUT2D eigenvalue weighted by Crippen LogP contribution is 2.36. The van der Waals surface area contributed by atoms with Crippen molar-refractivity contribution in [1.29, 1.82) is 0 Å². The summed E-state index contributed by atoms with van der Waals surface area (Å²) in [6, 6.07) is 5.21. The van der Waals surface area contributed by atoms with Crippen molar-refractivity contribution in [1.82, 2.24) is 0 Å². The average Bonchev–Trinajstić information content (AvgIpc) is 2.45. The van der Waals surface area contributed by atoms with Gasteiger partial charge in [0.05, 0.1) is 0 Å². The predicted octanol–water partition coefficient (Wildman–Crippen LogP) is 5.58. The first kappa shape index (κ1) is 18.0. The van der Waals surface area contributed by atoms with Crippen LogP contribution in [-0.2, 0) is 0 Å². The summed E-state index contributed by atoms with van der Waals surface area (Å²) in [6.07, 6.45) is -2.50. The van der Waals surface area contributed by atoms with Gasteiger partial charge in [0.25, 0.3) is 0 Å². The Morgan fingerprint density at radius 2 is 1.70 bits per heavy atom. The van der Waals surface area contributed by atoms with Crippen molar-refractivity contribution in [2.45, 2.75) is 52.8 Å². The van der Waals surface area contributed by atoms with E-state index in [1.165, 1.54) is 0 Å². The van der Waals surface area contributed by atoms with Crippen molar-refractivity contribution in [3.63, 3.8) is 0 Å². The lowest BCUT2D eigenvalue weighted by molar-refractivity contribution is -0.274. The molecule has 130 valence electrons. The van der Waals surface area contributed by atoms with E-state index in [4.69, 9.17) is 0 Å². The number of benzene rings is 1. The maximum atomic E-state index is 12.7. The van der Waals surface area contributed by atoms with Gasteiger partial charge < -0.3 is 9.64 Å². The maximum absolute atomic E-state index is 12.7. The number of anilines is 1. The number of halogens is 3.